The molecule has 1 heterocycles. The molecule has 0 spiro atoms. The van der Waals surface area contributed by atoms with E-state index in [0.29, 0.717) is 33.8 Å². The predicted molar refractivity (Wildman–Crippen MR) is 106 cm³/mol. The van der Waals surface area contributed by atoms with Gasteiger partial charge in [-0.15, -0.1) is 0 Å². The number of carbonyl (C=O) groups is 3. The van der Waals surface area contributed by atoms with Gasteiger partial charge in [0.15, 0.2) is 0 Å². The fourth-order valence-electron chi connectivity index (χ4n) is 5.19. The van der Waals surface area contributed by atoms with Gasteiger partial charge in [-0.25, -0.2) is 0 Å². The first-order valence-electron chi connectivity index (χ1n) is 9.58. The molecule has 142 valence electrons. The van der Waals surface area contributed by atoms with Crippen LogP contribution in [-0.4, -0.2) is 17.7 Å². The van der Waals surface area contributed by atoms with E-state index in [4.69, 9.17) is 11.6 Å². The van der Waals surface area contributed by atoms with Gasteiger partial charge >= 0.3 is 0 Å². The number of amides is 3. The standard InChI is InChI=1S/C22H19ClN2O3/c23-15-6-8-16(9-7-15)24-20(26)14-2-1-3-17(11-14)25-21(27)18-12-4-5-13(10-12)19(18)22(25)28/h1-3,6-9,11-13,18-19H,4-5,10H2,(H,24,26)/t12-,13+,18+,19-. The van der Waals surface area contributed by atoms with E-state index in [-0.39, 0.29) is 29.6 Å². The SMILES string of the molecule is O=C(Nc1ccc(Cl)cc1)c1cccc(N2C(=O)[C@@H]3[C@H]4CC[C@H](C4)[C@@H]3C2=O)c1. The van der Waals surface area contributed by atoms with Crippen molar-refractivity contribution >= 4 is 40.7 Å². The number of imide groups is 1. The lowest BCUT2D eigenvalue weighted by Gasteiger charge is -2.19. The van der Waals surface area contributed by atoms with Gasteiger partial charge in [0.05, 0.1) is 17.5 Å². The number of hydrogen-bond donors (Lipinski definition) is 1. The number of nitrogens with zero attached hydrogens (tertiary/aromatic N) is 1. The number of hydrogen-bond acceptors (Lipinski definition) is 3. The highest BCUT2D eigenvalue weighted by Crippen LogP contribution is 2.56. The molecule has 0 aromatic heterocycles. The van der Waals surface area contributed by atoms with Gasteiger partial charge in [0, 0.05) is 16.3 Å². The molecule has 4 atom stereocenters. The molecule has 1 saturated heterocycles. The second-order valence-corrected chi connectivity index (χ2v) is 8.34. The van der Waals surface area contributed by atoms with Crippen LogP contribution in [-0.2, 0) is 9.59 Å². The molecule has 1 aliphatic heterocycles. The third kappa shape index (κ3) is 2.65. The Hall–Kier alpha value is -2.66. The Balaban J connectivity index is 1.40. The van der Waals surface area contributed by atoms with Crippen LogP contribution in [0.25, 0.3) is 0 Å². The predicted octanol–water partition coefficient (Wildman–Crippen LogP) is 4.13. The van der Waals surface area contributed by atoms with E-state index in [1.165, 1.54) is 4.90 Å². The minimum Gasteiger partial charge on any atom is -0.322 e. The summed E-state index contributed by atoms with van der Waals surface area (Å²) in [6.07, 6.45) is 3.09. The zero-order valence-electron chi connectivity index (χ0n) is 15.1. The third-order valence-corrected chi connectivity index (χ3v) is 6.65. The van der Waals surface area contributed by atoms with Crippen LogP contribution in [0.5, 0.6) is 0 Å². The van der Waals surface area contributed by atoms with Gasteiger partial charge in [-0.3, -0.25) is 19.3 Å². The molecule has 5 rings (SSSR count). The Kier molecular flexibility index (Phi) is 4.02. The molecule has 3 amide bonds. The molecule has 2 aromatic carbocycles. The van der Waals surface area contributed by atoms with Gasteiger partial charge < -0.3 is 5.32 Å². The van der Waals surface area contributed by atoms with Crippen molar-refractivity contribution in [3.63, 3.8) is 0 Å². The molecule has 3 fully saturated rings. The van der Waals surface area contributed by atoms with Crippen molar-refractivity contribution in [2.45, 2.75) is 19.3 Å². The van der Waals surface area contributed by atoms with E-state index in [9.17, 15) is 14.4 Å². The Morgan fingerprint density at radius 3 is 2.25 bits per heavy atom. The number of nitrogens with one attached hydrogen (secondary N) is 1. The summed E-state index contributed by atoms with van der Waals surface area (Å²) in [5.74, 6) is -0.158. The lowest BCUT2D eigenvalue weighted by atomic mass is 9.81. The molecular weight excluding hydrogens is 376 g/mol. The fraction of sp³-hybridized carbons (Fsp3) is 0.318. The molecular formula is C22H19ClN2O3. The first-order valence-corrected chi connectivity index (χ1v) is 9.95. The second-order valence-electron chi connectivity index (χ2n) is 7.91. The van der Waals surface area contributed by atoms with Crippen LogP contribution in [0.2, 0.25) is 5.02 Å². The van der Waals surface area contributed by atoms with E-state index >= 15 is 0 Å². The van der Waals surface area contributed by atoms with Crippen LogP contribution >= 0.6 is 11.6 Å². The summed E-state index contributed by atoms with van der Waals surface area (Å²) < 4.78 is 0. The highest BCUT2D eigenvalue weighted by molar-refractivity contribution is 6.30. The topological polar surface area (TPSA) is 66.5 Å². The van der Waals surface area contributed by atoms with Crippen LogP contribution in [0.15, 0.2) is 48.5 Å². The summed E-state index contributed by atoms with van der Waals surface area (Å²) in [4.78, 5) is 39.9. The van der Waals surface area contributed by atoms with Crippen molar-refractivity contribution in [2.24, 2.45) is 23.7 Å². The molecule has 0 unspecified atom stereocenters. The lowest BCUT2D eigenvalue weighted by Crippen LogP contribution is -2.33. The maximum Gasteiger partial charge on any atom is 0.255 e. The summed E-state index contributed by atoms with van der Waals surface area (Å²) in [6, 6.07) is 13.5. The quantitative estimate of drug-likeness (QED) is 0.796. The summed E-state index contributed by atoms with van der Waals surface area (Å²) in [5, 5.41) is 3.39. The molecule has 5 nitrogen and oxygen atoms in total. The first-order chi connectivity index (χ1) is 13.5. The highest BCUT2D eigenvalue weighted by atomic mass is 35.5. The number of carbonyl (C=O) groups excluding carboxylic acids is 3. The van der Waals surface area contributed by atoms with Crippen molar-refractivity contribution in [2.75, 3.05) is 10.2 Å². The molecule has 2 aliphatic carbocycles. The molecule has 2 bridgehead atoms. The molecule has 1 N–H and O–H groups in total. The maximum atomic E-state index is 13.0. The number of fused-ring (bicyclic) bond motifs is 5. The molecule has 28 heavy (non-hydrogen) atoms. The lowest BCUT2D eigenvalue weighted by molar-refractivity contribution is -0.123. The van der Waals surface area contributed by atoms with Gasteiger partial charge in [0.1, 0.15) is 0 Å². The van der Waals surface area contributed by atoms with Crippen molar-refractivity contribution < 1.29 is 14.4 Å². The normalized spacial score (nSPS) is 28.0. The van der Waals surface area contributed by atoms with Crippen LogP contribution in [0.1, 0.15) is 29.6 Å². The van der Waals surface area contributed by atoms with Gasteiger partial charge in [-0.05, 0) is 73.6 Å². The molecule has 2 aromatic rings. The Morgan fingerprint density at radius 2 is 1.61 bits per heavy atom. The number of anilines is 2. The zero-order chi connectivity index (χ0) is 19.4. The summed E-state index contributed by atoms with van der Waals surface area (Å²) in [7, 11) is 0. The molecule has 6 heteroatoms. The zero-order valence-corrected chi connectivity index (χ0v) is 15.9. The first kappa shape index (κ1) is 17.4. The monoisotopic (exact) mass is 394 g/mol. The van der Waals surface area contributed by atoms with Crippen LogP contribution in [0.4, 0.5) is 11.4 Å². The Labute approximate surface area is 167 Å². The van der Waals surface area contributed by atoms with E-state index < -0.39 is 0 Å². The van der Waals surface area contributed by atoms with Gasteiger partial charge in [0.2, 0.25) is 11.8 Å². The fourth-order valence-corrected chi connectivity index (χ4v) is 5.31. The van der Waals surface area contributed by atoms with Gasteiger partial charge in [-0.2, -0.15) is 0 Å². The van der Waals surface area contributed by atoms with Gasteiger partial charge in [-0.1, -0.05) is 17.7 Å². The Bertz CT molecular complexity index is 960. The average molecular weight is 395 g/mol. The van der Waals surface area contributed by atoms with E-state index in [1.54, 1.807) is 48.5 Å². The van der Waals surface area contributed by atoms with Crippen LogP contribution < -0.4 is 10.2 Å². The summed E-state index contributed by atoms with van der Waals surface area (Å²) >= 11 is 5.87. The second kappa shape index (κ2) is 6.45. The largest absolute Gasteiger partial charge is 0.322 e. The van der Waals surface area contributed by atoms with Crippen molar-refractivity contribution in [1.29, 1.82) is 0 Å². The Morgan fingerprint density at radius 1 is 0.964 bits per heavy atom. The number of halogens is 1. The van der Waals surface area contributed by atoms with Crippen molar-refractivity contribution in [3.8, 4) is 0 Å². The molecule has 0 radical (unpaired) electrons. The molecule has 3 aliphatic rings. The number of benzene rings is 2. The van der Waals surface area contributed by atoms with Crippen LogP contribution in [0.3, 0.4) is 0 Å². The van der Waals surface area contributed by atoms with Crippen molar-refractivity contribution in [1.82, 2.24) is 0 Å². The van der Waals surface area contributed by atoms with Crippen molar-refractivity contribution in [3.05, 3.63) is 59.1 Å². The summed E-state index contributed by atoms with van der Waals surface area (Å²) in [5.41, 5.74) is 1.50. The highest BCUT2D eigenvalue weighted by Gasteiger charge is 2.61. The minimum absolute atomic E-state index is 0.0996. The smallest absolute Gasteiger partial charge is 0.255 e. The van der Waals surface area contributed by atoms with E-state index in [1.807, 2.05) is 0 Å². The third-order valence-electron chi connectivity index (χ3n) is 6.40. The maximum absolute atomic E-state index is 13.0. The molecule has 2 saturated carbocycles. The summed E-state index contributed by atoms with van der Waals surface area (Å²) in [6.45, 7) is 0. The minimum atomic E-state index is -0.302. The average Bonchev–Trinajstić information content (AvgIpc) is 3.37. The van der Waals surface area contributed by atoms with Crippen LogP contribution in [0, 0.1) is 23.7 Å². The van der Waals surface area contributed by atoms with E-state index in [2.05, 4.69) is 5.32 Å². The van der Waals surface area contributed by atoms with Gasteiger partial charge in [0.25, 0.3) is 5.91 Å². The number of rotatable bonds is 3. The van der Waals surface area contributed by atoms with E-state index in [0.717, 1.165) is 19.3 Å².